The highest BCUT2D eigenvalue weighted by atomic mass is 19.1. The Morgan fingerprint density at radius 2 is 1.68 bits per heavy atom. The molecule has 0 aliphatic carbocycles. The van der Waals surface area contributed by atoms with Crippen LogP contribution in [0.15, 0.2) is 58.1 Å². The molecule has 2 N–H and O–H groups in total. The number of nitrogens with zero attached hydrogens (tertiary/aromatic N) is 3. The second-order valence-electron chi connectivity index (χ2n) is 8.97. The molecule has 1 aromatic heterocycles. The lowest BCUT2D eigenvalue weighted by atomic mass is 10.0. The van der Waals surface area contributed by atoms with Gasteiger partial charge in [-0.25, -0.2) is 13.6 Å². The Kier molecular flexibility index (Phi) is 6.97. The van der Waals surface area contributed by atoms with E-state index >= 15 is 0 Å². The maximum Gasteiger partial charge on any atom is 0.331 e. The third kappa shape index (κ3) is 4.55. The van der Waals surface area contributed by atoms with Crippen LogP contribution in [-0.4, -0.2) is 21.7 Å². The molecule has 0 spiro atoms. The van der Waals surface area contributed by atoms with Crippen molar-refractivity contribution < 1.29 is 8.78 Å². The zero-order chi connectivity index (χ0) is 24.4. The normalized spacial score (nSPS) is 17.1. The van der Waals surface area contributed by atoms with Gasteiger partial charge in [-0.1, -0.05) is 36.4 Å². The van der Waals surface area contributed by atoms with E-state index in [2.05, 4.69) is 0 Å². The van der Waals surface area contributed by atoms with Crippen molar-refractivity contribution in [3.63, 3.8) is 0 Å². The summed E-state index contributed by atoms with van der Waals surface area (Å²) in [5.41, 5.74) is 6.67. The van der Waals surface area contributed by atoms with Crippen molar-refractivity contribution in [3.05, 3.63) is 97.8 Å². The maximum absolute atomic E-state index is 14.5. The van der Waals surface area contributed by atoms with Crippen molar-refractivity contribution >= 4 is 5.69 Å². The SMILES string of the molecule is Cc1c(N2CCCCC2C)c(=O)n(C[C@@H](N)c2ccccc2)c(=O)n1Cc1c(F)cccc1F. The van der Waals surface area contributed by atoms with Gasteiger partial charge in [-0.3, -0.25) is 13.9 Å². The van der Waals surface area contributed by atoms with Crippen LogP contribution in [0.1, 0.15) is 49.0 Å². The van der Waals surface area contributed by atoms with Gasteiger partial charge in [-0.05, 0) is 50.8 Å². The van der Waals surface area contributed by atoms with Crippen LogP contribution in [0.25, 0.3) is 0 Å². The van der Waals surface area contributed by atoms with E-state index in [0.717, 1.165) is 41.5 Å². The molecule has 3 aromatic rings. The van der Waals surface area contributed by atoms with E-state index in [4.69, 9.17) is 5.73 Å². The molecule has 2 atom stereocenters. The Morgan fingerprint density at radius 1 is 1.00 bits per heavy atom. The van der Waals surface area contributed by atoms with Crippen LogP contribution in [-0.2, 0) is 13.1 Å². The second-order valence-corrected chi connectivity index (χ2v) is 8.97. The minimum Gasteiger partial charge on any atom is -0.363 e. The molecule has 1 saturated heterocycles. The largest absolute Gasteiger partial charge is 0.363 e. The van der Waals surface area contributed by atoms with Crippen LogP contribution in [0, 0.1) is 18.6 Å². The van der Waals surface area contributed by atoms with Gasteiger partial charge in [-0.2, -0.15) is 0 Å². The van der Waals surface area contributed by atoms with Gasteiger partial charge in [0.25, 0.3) is 5.56 Å². The van der Waals surface area contributed by atoms with Crippen LogP contribution < -0.4 is 21.9 Å². The average Bonchev–Trinajstić information content (AvgIpc) is 2.83. The second kappa shape index (κ2) is 9.93. The van der Waals surface area contributed by atoms with Crippen LogP contribution in [0.3, 0.4) is 0 Å². The van der Waals surface area contributed by atoms with Crippen molar-refractivity contribution in [2.75, 3.05) is 11.4 Å². The van der Waals surface area contributed by atoms with Gasteiger partial charge in [0.05, 0.1) is 13.1 Å². The highest BCUT2D eigenvalue weighted by Crippen LogP contribution is 2.25. The zero-order valence-electron chi connectivity index (χ0n) is 19.5. The Bertz CT molecular complexity index is 1270. The highest BCUT2D eigenvalue weighted by Gasteiger charge is 2.27. The van der Waals surface area contributed by atoms with Crippen molar-refractivity contribution in [1.82, 2.24) is 9.13 Å². The van der Waals surface area contributed by atoms with Crippen molar-refractivity contribution in [1.29, 1.82) is 0 Å². The predicted octanol–water partition coefficient (Wildman–Crippen LogP) is 3.72. The van der Waals surface area contributed by atoms with Crippen molar-refractivity contribution in [2.45, 2.75) is 58.3 Å². The molecule has 4 rings (SSSR count). The van der Waals surface area contributed by atoms with Gasteiger partial charge in [0.15, 0.2) is 0 Å². The summed E-state index contributed by atoms with van der Waals surface area (Å²) in [5, 5.41) is 0. The fourth-order valence-corrected chi connectivity index (χ4v) is 4.74. The third-order valence-electron chi connectivity index (χ3n) is 6.73. The molecule has 0 radical (unpaired) electrons. The van der Waals surface area contributed by atoms with Crippen LogP contribution >= 0.6 is 0 Å². The molecular weight excluding hydrogens is 438 g/mol. The Balaban J connectivity index is 1.88. The van der Waals surface area contributed by atoms with E-state index in [1.807, 2.05) is 42.2 Å². The van der Waals surface area contributed by atoms with Gasteiger partial charge in [-0.15, -0.1) is 0 Å². The van der Waals surface area contributed by atoms with E-state index in [-0.39, 0.29) is 24.7 Å². The minimum atomic E-state index is -0.738. The van der Waals surface area contributed by atoms with Gasteiger partial charge in [0, 0.05) is 29.9 Å². The molecular formula is C26H30F2N4O2. The molecule has 6 nitrogen and oxygen atoms in total. The predicted molar refractivity (Wildman–Crippen MR) is 129 cm³/mol. The van der Waals surface area contributed by atoms with E-state index in [9.17, 15) is 18.4 Å². The number of hydrogen-bond acceptors (Lipinski definition) is 4. The molecule has 1 fully saturated rings. The third-order valence-corrected chi connectivity index (χ3v) is 6.73. The highest BCUT2D eigenvalue weighted by molar-refractivity contribution is 5.50. The van der Waals surface area contributed by atoms with Gasteiger partial charge in [0.2, 0.25) is 0 Å². The molecule has 0 saturated carbocycles. The lowest BCUT2D eigenvalue weighted by Gasteiger charge is -2.36. The summed E-state index contributed by atoms with van der Waals surface area (Å²) in [4.78, 5) is 29.2. The standard InChI is InChI=1S/C26H30F2N4O2/c1-17-9-6-7-14-30(17)24-18(2)31(15-20-21(27)12-8-13-22(20)28)26(34)32(25(24)33)16-23(29)19-10-4-3-5-11-19/h3-5,8,10-13,17,23H,6-7,9,14-16,29H2,1-2H3/t17?,23-/m1/s1. The summed E-state index contributed by atoms with van der Waals surface area (Å²) in [7, 11) is 0. The lowest BCUT2D eigenvalue weighted by Crippen LogP contribution is -2.49. The summed E-state index contributed by atoms with van der Waals surface area (Å²) >= 11 is 0. The van der Waals surface area contributed by atoms with Crippen LogP contribution in [0.5, 0.6) is 0 Å². The first-order chi connectivity index (χ1) is 16.3. The van der Waals surface area contributed by atoms with Gasteiger partial charge in [0.1, 0.15) is 17.3 Å². The molecule has 1 unspecified atom stereocenters. The van der Waals surface area contributed by atoms with E-state index in [1.54, 1.807) is 6.92 Å². The van der Waals surface area contributed by atoms with Gasteiger partial charge >= 0.3 is 5.69 Å². The van der Waals surface area contributed by atoms with E-state index in [0.29, 0.717) is 17.9 Å². The van der Waals surface area contributed by atoms with E-state index in [1.165, 1.54) is 10.6 Å². The summed E-state index contributed by atoms with van der Waals surface area (Å²) in [6, 6.07) is 12.3. The molecule has 180 valence electrons. The van der Waals surface area contributed by atoms with Gasteiger partial charge < -0.3 is 10.6 Å². The average molecular weight is 469 g/mol. The number of halogens is 2. The number of aromatic nitrogens is 2. The lowest BCUT2D eigenvalue weighted by molar-refractivity contribution is 0.462. The summed E-state index contributed by atoms with van der Waals surface area (Å²) in [5.74, 6) is -1.48. The fourth-order valence-electron chi connectivity index (χ4n) is 4.74. The number of piperidine rings is 1. The molecule has 2 heterocycles. The van der Waals surface area contributed by atoms with E-state index < -0.39 is 28.9 Å². The first kappa shape index (κ1) is 23.9. The monoisotopic (exact) mass is 468 g/mol. The molecule has 0 amide bonds. The molecule has 1 aliphatic heterocycles. The van der Waals surface area contributed by atoms with Crippen LogP contribution in [0.4, 0.5) is 14.5 Å². The quantitative estimate of drug-likeness (QED) is 0.599. The number of anilines is 1. The summed E-state index contributed by atoms with van der Waals surface area (Å²) in [6.45, 7) is 4.02. The molecule has 8 heteroatoms. The minimum absolute atomic E-state index is 0.0447. The summed E-state index contributed by atoms with van der Waals surface area (Å²) < 4.78 is 31.3. The molecule has 34 heavy (non-hydrogen) atoms. The Labute approximate surface area is 197 Å². The van der Waals surface area contributed by atoms with Crippen molar-refractivity contribution in [2.24, 2.45) is 5.73 Å². The fraction of sp³-hybridized carbons (Fsp3) is 0.385. The smallest absolute Gasteiger partial charge is 0.331 e. The molecule has 0 bridgehead atoms. The number of nitrogens with two attached hydrogens (primary N) is 1. The molecule has 1 aliphatic rings. The topological polar surface area (TPSA) is 73.3 Å². The maximum atomic E-state index is 14.5. The Hall–Kier alpha value is -3.26. The van der Waals surface area contributed by atoms with Crippen LogP contribution in [0.2, 0.25) is 0 Å². The summed E-state index contributed by atoms with van der Waals surface area (Å²) in [6.07, 6.45) is 2.90. The van der Waals surface area contributed by atoms with Crippen molar-refractivity contribution in [3.8, 4) is 0 Å². The molecule has 2 aromatic carbocycles. The number of hydrogen-bond donors (Lipinski definition) is 1. The first-order valence-electron chi connectivity index (χ1n) is 11.6. The Morgan fingerprint density at radius 3 is 2.32 bits per heavy atom. The first-order valence-corrected chi connectivity index (χ1v) is 11.6. The number of rotatable bonds is 6. The zero-order valence-corrected chi connectivity index (χ0v) is 19.5. The number of benzene rings is 2.